The van der Waals surface area contributed by atoms with E-state index in [0.717, 1.165) is 17.7 Å². The third kappa shape index (κ3) is 5.66. The Bertz CT molecular complexity index is 652. The molecule has 23 heavy (non-hydrogen) atoms. The molecule has 3 nitrogen and oxygen atoms in total. The van der Waals surface area contributed by atoms with E-state index in [9.17, 15) is 4.39 Å². The van der Waals surface area contributed by atoms with Gasteiger partial charge < -0.3 is 14.8 Å². The van der Waals surface area contributed by atoms with Crippen LogP contribution >= 0.6 is 23.2 Å². The lowest BCUT2D eigenvalue weighted by molar-refractivity contribution is 0.199. The first-order chi connectivity index (χ1) is 11.1. The molecule has 0 unspecified atom stereocenters. The average Bonchev–Trinajstić information content (AvgIpc) is 2.52. The number of benzene rings is 2. The predicted molar refractivity (Wildman–Crippen MR) is 90.8 cm³/mol. The molecule has 0 heterocycles. The lowest BCUT2D eigenvalue weighted by Gasteiger charge is -2.13. The van der Waals surface area contributed by atoms with Gasteiger partial charge in [-0.2, -0.15) is 0 Å². The van der Waals surface area contributed by atoms with E-state index in [0.29, 0.717) is 28.9 Å². The number of ether oxygens (including phenoxy) is 2. The molecular formula is C17H18Cl2FNO2. The fourth-order valence-corrected chi connectivity index (χ4v) is 2.43. The van der Waals surface area contributed by atoms with Gasteiger partial charge >= 0.3 is 0 Å². The maximum absolute atomic E-state index is 13.1. The molecule has 0 saturated carbocycles. The Hall–Kier alpha value is -1.33. The fourth-order valence-electron chi connectivity index (χ4n) is 2.02. The topological polar surface area (TPSA) is 30.5 Å². The number of methoxy groups -OCH3 is 1. The van der Waals surface area contributed by atoms with Crippen molar-refractivity contribution in [1.29, 1.82) is 0 Å². The van der Waals surface area contributed by atoms with Gasteiger partial charge in [0.05, 0.1) is 11.6 Å². The van der Waals surface area contributed by atoms with Crippen molar-refractivity contribution in [2.24, 2.45) is 0 Å². The fraction of sp³-hybridized carbons (Fsp3) is 0.294. The minimum atomic E-state index is -0.367. The predicted octanol–water partition coefficient (Wildman–Crippen LogP) is 4.45. The summed E-state index contributed by atoms with van der Waals surface area (Å²) in [6, 6.07) is 9.68. The number of hydrogen-bond acceptors (Lipinski definition) is 3. The summed E-state index contributed by atoms with van der Waals surface area (Å²) in [6.07, 6.45) is 0. The minimum absolute atomic E-state index is 0.256. The summed E-state index contributed by atoms with van der Waals surface area (Å²) < 4.78 is 23.9. The van der Waals surface area contributed by atoms with Crippen LogP contribution in [0.2, 0.25) is 10.0 Å². The molecule has 2 rings (SSSR count). The normalized spacial score (nSPS) is 10.8. The van der Waals surface area contributed by atoms with Crippen LogP contribution in [0.1, 0.15) is 11.1 Å². The van der Waals surface area contributed by atoms with Crippen LogP contribution in [-0.4, -0.2) is 20.3 Å². The van der Waals surface area contributed by atoms with Gasteiger partial charge in [-0.15, -0.1) is 0 Å². The SMILES string of the molecule is COCCNCc1cc(Cl)ccc1OCc1ccc(F)cc1Cl. The van der Waals surface area contributed by atoms with Crippen molar-refractivity contribution < 1.29 is 13.9 Å². The van der Waals surface area contributed by atoms with Gasteiger partial charge in [-0.1, -0.05) is 29.3 Å². The summed E-state index contributed by atoms with van der Waals surface area (Å²) in [5.41, 5.74) is 1.66. The van der Waals surface area contributed by atoms with Crippen LogP contribution in [0.25, 0.3) is 0 Å². The molecule has 0 aromatic heterocycles. The van der Waals surface area contributed by atoms with E-state index in [1.54, 1.807) is 19.2 Å². The van der Waals surface area contributed by atoms with E-state index in [-0.39, 0.29) is 12.4 Å². The van der Waals surface area contributed by atoms with Gasteiger partial charge in [-0.25, -0.2) is 4.39 Å². The van der Waals surface area contributed by atoms with Crippen LogP contribution in [0.5, 0.6) is 5.75 Å². The van der Waals surface area contributed by atoms with E-state index in [1.165, 1.54) is 12.1 Å². The largest absolute Gasteiger partial charge is 0.489 e. The highest BCUT2D eigenvalue weighted by atomic mass is 35.5. The molecule has 0 saturated heterocycles. The zero-order valence-corrected chi connectivity index (χ0v) is 14.3. The molecule has 1 N–H and O–H groups in total. The van der Waals surface area contributed by atoms with E-state index >= 15 is 0 Å². The van der Waals surface area contributed by atoms with Crippen LogP contribution < -0.4 is 10.1 Å². The van der Waals surface area contributed by atoms with Gasteiger partial charge in [-0.05, 0) is 30.3 Å². The molecule has 124 valence electrons. The smallest absolute Gasteiger partial charge is 0.124 e. The Balaban J connectivity index is 2.03. The van der Waals surface area contributed by atoms with Gasteiger partial charge in [0.1, 0.15) is 18.2 Å². The van der Waals surface area contributed by atoms with Crippen molar-refractivity contribution in [3.63, 3.8) is 0 Å². The number of hydrogen-bond donors (Lipinski definition) is 1. The monoisotopic (exact) mass is 357 g/mol. The van der Waals surface area contributed by atoms with Crippen LogP contribution in [-0.2, 0) is 17.9 Å². The van der Waals surface area contributed by atoms with Gasteiger partial charge in [0.25, 0.3) is 0 Å². The second-order valence-corrected chi connectivity index (χ2v) is 5.79. The number of halogens is 3. The summed E-state index contributed by atoms with van der Waals surface area (Å²) in [7, 11) is 1.65. The molecule has 6 heteroatoms. The summed E-state index contributed by atoms with van der Waals surface area (Å²) in [6.45, 7) is 2.22. The molecule has 0 aliphatic heterocycles. The lowest BCUT2D eigenvalue weighted by Crippen LogP contribution is -2.19. The molecule has 2 aromatic rings. The number of rotatable bonds is 8. The van der Waals surface area contributed by atoms with Gasteiger partial charge in [-0.3, -0.25) is 0 Å². The zero-order chi connectivity index (χ0) is 16.7. The Labute approximate surface area is 145 Å². The first-order valence-electron chi connectivity index (χ1n) is 7.15. The summed E-state index contributed by atoms with van der Waals surface area (Å²) in [5, 5.41) is 4.23. The van der Waals surface area contributed by atoms with Crippen molar-refractivity contribution in [2.45, 2.75) is 13.2 Å². The molecule has 0 aliphatic carbocycles. The average molecular weight is 358 g/mol. The third-order valence-electron chi connectivity index (χ3n) is 3.22. The summed E-state index contributed by atoms with van der Waals surface area (Å²) >= 11 is 12.1. The molecular weight excluding hydrogens is 340 g/mol. The number of nitrogens with one attached hydrogen (secondary N) is 1. The quantitative estimate of drug-likeness (QED) is 0.708. The molecule has 0 fully saturated rings. The van der Waals surface area contributed by atoms with Crippen LogP contribution in [0.15, 0.2) is 36.4 Å². The highest BCUT2D eigenvalue weighted by molar-refractivity contribution is 6.31. The molecule has 2 aromatic carbocycles. The molecule has 0 radical (unpaired) electrons. The Morgan fingerprint density at radius 3 is 2.65 bits per heavy atom. The van der Waals surface area contributed by atoms with Gasteiger partial charge in [0.2, 0.25) is 0 Å². The first-order valence-corrected chi connectivity index (χ1v) is 7.90. The van der Waals surface area contributed by atoms with Crippen molar-refractivity contribution in [3.05, 3.63) is 63.4 Å². The van der Waals surface area contributed by atoms with E-state index in [1.807, 2.05) is 12.1 Å². The van der Waals surface area contributed by atoms with Gasteiger partial charge in [0, 0.05) is 36.3 Å². The standard InChI is InChI=1S/C17H18Cl2FNO2/c1-22-7-6-21-10-13-8-14(18)3-5-17(13)23-11-12-2-4-15(20)9-16(12)19/h2-5,8-9,21H,6-7,10-11H2,1H3. The Kier molecular flexibility index (Phi) is 7.12. The molecule has 0 atom stereocenters. The molecule has 0 aliphatic rings. The van der Waals surface area contributed by atoms with E-state index in [4.69, 9.17) is 32.7 Å². The third-order valence-corrected chi connectivity index (χ3v) is 3.81. The van der Waals surface area contributed by atoms with Crippen LogP contribution in [0.3, 0.4) is 0 Å². The second-order valence-electron chi connectivity index (χ2n) is 4.95. The molecule has 0 bridgehead atoms. The summed E-state index contributed by atoms with van der Waals surface area (Å²) in [4.78, 5) is 0. The second kappa shape index (κ2) is 9.08. The van der Waals surface area contributed by atoms with Crippen LogP contribution in [0.4, 0.5) is 4.39 Å². The van der Waals surface area contributed by atoms with E-state index in [2.05, 4.69) is 5.32 Å². The van der Waals surface area contributed by atoms with Crippen molar-refractivity contribution in [1.82, 2.24) is 5.32 Å². The molecule has 0 amide bonds. The Morgan fingerprint density at radius 2 is 1.91 bits per heavy atom. The van der Waals surface area contributed by atoms with Crippen molar-refractivity contribution in [2.75, 3.05) is 20.3 Å². The maximum Gasteiger partial charge on any atom is 0.124 e. The van der Waals surface area contributed by atoms with Crippen LogP contribution in [0, 0.1) is 5.82 Å². The Morgan fingerprint density at radius 1 is 1.09 bits per heavy atom. The maximum atomic E-state index is 13.1. The lowest BCUT2D eigenvalue weighted by atomic mass is 10.2. The first kappa shape index (κ1) is 18.0. The van der Waals surface area contributed by atoms with Crippen molar-refractivity contribution >= 4 is 23.2 Å². The van der Waals surface area contributed by atoms with E-state index < -0.39 is 0 Å². The summed E-state index contributed by atoms with van der Waals surface area (Å²) in [5.74, 6) is 0.341. The minimum Gasteiger partial charge on any atom is -0.489 e. The highest BCUT2D eigenvalue weighted by Gasteiger charge is 2.07. The van der Waals surface area contributed by atoms with Crippen molar-refractivity contribution in [3.8, 4) is 5.75 Å². The zero-order valence-electron chi connectivity index (χ0n) is 12.7. The highest BCUT2D eigenvalue weighted by Crippen LogP contribution is 2.25. The molecule has 0 spiro atoms. The van der Waals surface area contributed by atoms with Gasteiger partial charge in [0.15, 0.2) is 0 Å².